The third-order valence-corrected chi connectivity index (χ3v) is 4.33. The van der Waals surface area contributed by atoms with Crippen molar-refractivity contribution in [3.8, 4) is 17.2 Å². The van der Waals surface area contributed by atoms with E-state index >= 15 is 0 Å². The van der Waals surface area contributed by atoms with Crippen molar-refractivity contribution < 1.29 is 19.0 Å². The van der Waals surface area contributed by atoms with Crippen molar-refractivity contribution in [1.82, 2.24) is 5.32 Å². The van der Waals surface area contributed by atoms with E-state index in [0.29, 0.717) is 24.5 Å². The minimum atomic E-state index is 0.0338. The molecule has 1 heterocycles. The molecule has 5 heteroatoms. The molecule has 2 aromatic rings. The van der Waals surface area contributed by atoms with Gasteiger partial charge >= 0.3 is 0 Å². The number of methoxy groups -OCH3 is 2. The Kier molecular flexibility index (Phi) is 5.43. The lowest BCUT2D eigenvalue weighted by Gasteiger charge is -2.10. The molecule has 0 fully saturated rings. The summed E-state index contributed by atoms with van der Waals surface area (Å²) in [6.07, 6.45) is 2.15. The van der Waals surface area contributed by atoms with Crippen molar-refractivity contribution in [3.05, 3.63) is 53.1 Å². The zero-order valence-corrected chi connectivity index (χ0v) is 14.6. The molecule has 1 N–H and O–H groups in total. The molecule has 1 aliphatic rings. The highest BCUT2D eigenvalue weighted by Gasteiger charge is 2.12. The second kappa shape index (κ2) is 7.92. The van der Waals surface area contributed by atoms with Crippen LogP contribution in [0.3, 0.4) is 0 Å². The lowest BCUT2D eigenvalue weighted by molar-refractivity contribution is -0.121. The Balaban J connectivity index is 1.50. The number of ether oxygens (including phenoxy) is 3. The average molecular weight is 341 g/mol. The molecule has 2 aromatic carbocycles. The fourth-order valence-electron chi connectivity index (χ4n) is 2.93. The van der Waals surface area contributed by atoms with Gasteiger partial charge in [-0.15, -0.1) is 0 Å². The van der Waals surface area contributed by atoms with Crippen LogP contribution in [0.1, 0.15) is 23.1 Å². The number of aryl methyl sites for hydroxylation is 1. The number of benzene rings is 2. The molecule has 0 aliphatic carbocycles. The zero-order valence-electron chi connectivity index (χ0n) is 14.6. The molecule has 132 valence electrons. The Labute approximate surface area is 147 Å². The minimum Gasteiger partial charge on any atom is -0.493 e. The molecule has 0 atom stereocenters. The van der Waals surface area contributed by atoms with Crippen molar-refractivity contribution in [2.75, 3.05) is 20.8 Å². The molecule has 5 nitrogen and oxygen atoms in total. The SMILES string of the molecule is COc1ccc(CNC(=O)CCc2ccc3c(c2)CCO3)cc1OC. The van der Waals surface area contributed by atoms with Gasteiger partial charge in [0, 0.05) is 19.4 Å². The molecule has 3 rings (SSSR count). The molecular weight excluding hydrogens is 318 g/mol. The van der Waals surface area contributed by atoms with E-state index in [1.54, 1.807) is 14.2 Å². The molecule has 0 saturated carbocycles. The molecular formula is C20H23NO4. The summed E-state index contributed by atoms with van der Waals surface area (Å²) in [4.78, 5) is 12.1. The molecule has 0 spiro atoms. The van der Waals surface area contributed by atoms with Crippen molar-refractivity contribution in [2.24, 2.45) is 0 Å². The quantitative estimate of drug-likeness (QED) is 0.841. The fraction of sp³-hybridized carbons (Fsp3) is 0.350. The van der Waals surface area contributed by atoms with Gasteiger partial charge in [-0.1, -0.05) is 18.2 Å². The molecule has 1 amide bonds. The molecule has 0 bridgehead atoms. The molecule has 0 saturated heterocycles. The van der Waals surface area contributed by atoms with Crippen LogP contribution in [0.4, 0.5) is 0 Å². The molecule has 0 unspecified atom stereocenters. The van der Waals surface area contributed by atoms with E-state index in [1.165, 1.54) is 11.1 Å². The number of hydrogen-bond donors (Lipinski definition) is 1. The lowest BCUT2D eigenvalue weighted by atomic mass is 10.0. The second-order valence-corrected chi connectivity index (χ2v) is 6.01. The largest absolute Gasteiger partial charge is 0.493 e. The maximum absolute atomic E-state index is 12.1. The van der Waals surface area contributed by atoms with Gasteiger partial charge in [0.05, 0.1) is 20.8 Å². The predicted octanol–water partition coefficient (Wildman–Crippen LogP) is 2.89. The molecule has 0 radical (unpaired) electrons. The van der Waals surface area contributed by atoms with Crippen LogP contribution in [-0.2, 0) is 24.2 Å². The van der Waals surface area contributed by atoms with Crippen LogP contribution in [0.15, 0.2) is 36.4 Å². The highest BCUT2D eigenvalue weighted by atomic mass is 16.5. The number of hydrogen-bond acceptors (Lipinski definition) is 4. The van der Waals surface area contributed by atoms with Crippen molar-refractivity contribution >= 4 is 5.91 Å². The third-order valence-electron chi connectivity index (χ3n) is 4.33. The Morgan fingerprint density at radius 2 is 1.88 bits per heavy atom. The maximum Gasteiger partial charge on any atom is 0.220 e. The standard InChI is InChI=1S/C20H23NO4/c1-23-18-7-4-15(12-19(18)24-2)13-21-20(22)8-5-14-3-6-17-16(11-14)9-10-25-17/h3-4,6-7,11-12H,5,8-10,13H2,1-2H3,(H,21,22). The third kappa shape index (κ3) is 4.24. The normalized spacial score (nSPS) is 12.2. The fourth-order valence-corrected chi connectivity index (χ4v) is 2.93. The lowest BCUT2D eigenvalue weighted by Crippen LogP contribution is -2.23. The van der Waals surface area contributed by atoms with Crippen LogP contribution in [0.2, 0.25) is 0 Å². The Morgan fingerprint density at radius 3 is 2.68 bits per heavy atom. The summed E-state index contributed by atoms with van der Waals surface area (Å²) < 4.78 is 16.0. The summed E-state index contributed by atoms with van der Waals surface area (Å²) in [7, 11) is 3.20. The van der Waals surface area contributed by atoms with Crippen molar-refractivity contribution in [2.45, 2.75) is 25.8 Å². The smallest absolute Gasteiger partial charge is 0.220 e. The van der Waals surface area contributed by atoms with Crippen LogP contribution >= 0.6 is 0 Å². The molecule has 0 aromatic heterocycles. The Morgan fingerprint density at radius 1 is 1.08 bits per heavy atom. The van der Waals surface area contributed by atoms with Gasteiger partial charge in [-0.2, -0.15) is 0 Å². The van der Waals surface area contributed by atoms with Crippen LogP contribution < -0.4 is 19.5 Å². The van der Waals surface area contributed by atoms with E-state index in [9.17, 15) is 4.79 Å². The van der Waals surface area contributed by atoms with Gasteiger partial charge in [-0.3, -0.25) is 4.79 Å². The maximum atomic E-state index is 12.1. The summed E-state index contributed by atoms with van der Waals surface area (Å²) in [5.41, 5.74) is 3.38. The van der Waals surface area contributed by atoms with Crippen LogP contribution in [0, 0.1) is 0 Å². The molecule has 1 aliphatic heterocycles. The summed E-state index contributed by atoms with van der Waals surface area (Å²) in [6.45, 7) is 1.22. The Hall–Kier alpha value is -2.69. The van der Waals surface area contributed by atoms with E-state index < -0.39 is 0 Å². The highest BCUT2D eigenvalue weighted by Crippen LogP contribution is 2.28. The van der Waals surface area contributed by atoms with E-state index in [-0.39, 0.29) is 5.91 Å². The number of fused-ring (bicyclic) bond motifs is 1. The van der Waals surface area contributed by atoms with E-state index in [0.717, 1.165) is 30.8 Å². The number of amides is 1. The van der Waals surface area contributed by atoms with Gasteiger partial charge in [0.2, 0.25) is 5.91 Å². The predicted molar refractivity (Wildman–Crippen MR) is 95.4 cm³/mol. The number of rotatable bonds is 7. The first-order valence-corrected chi connectivity index (χ1v) is 8.42. The highest BCUT2D eigenvalue weighted by molar-refractivity contribution is 5.76. The summed E-state index contributed by atoms with van der Waals surface area (Å²) in [5.74, 6) is 2.35. The minimum absolute atomic E-state index is 0.0338. The van der Waals surface area contributed by atoms with Gasteiger partial charge in [0.1, 0.15) is 5.75 Å². The number of nitrogens with one attached hydrogen (secondary N) is 1. The van der Waals surface area contributed by atoms with Crippen LogP contribution in [0.25, 0.3) is 0 Å². The van der Waals surface area contributed by atoms with E-state index in [2.05, 4.69) is 11.4 Å². The van der Waals surface area contributed by atoms with Crippen LogP contribution in [-0.4, -0.2) is 26.7 Å². The van der Waals surface area contributed by atoms with Crippen LogP contribution in [0.5, 0.6) is 17.2 Å². The second-order valence-electron chi connectivity index (χ2n) is 6.01. The summed E-state index contributed by atoms with van der Waals surface area (Å²) in [6, 6.07) is 11.8. The van der Waals surface area contributed by atoms with Gasteiger partial charge < -0.3 is 19.5 Å². The van der Waals surface area contributed by atoms with Gasteiger partial charge in [0.25, 0.3) is 0 Å². The zero-order chi connectivity index (χ0) is 17.6. The average Bonchev–Trinajstić information content (AvgIpc) is 3.12. The first-order valence-electron chi connectivity index (χ1n) is 8.42. The summed E-state index contributed by atoms with van der Waals surface area (Å²) >= 11 is 0. The first kappa shape index (κ1) is 17.1. The van der Waals surface area contributed by atoms with Gasteiger partial charge in [-0.05, 0) is 41.3 Å². The number of carbonyl (C=O) groups excluding carboxylic acids is 1. The van der Waals surface area contributed by atoms with Gasteiger partial charge in [-0.25, -0.2) is 0 Å². The van der Waals surface area contributed by atoms with Gasteiger partial charge in [0.15, 0.2) is 11.5 Å². The Bertz CT molecular complexity index is 757. The number of carbonyl (C=O) groups is 1. The van der Waals surface area contributed by atoms with Crippen molar-refractivity contribution in [3.63, 3.8) is 0 Å². The first-order chi connectivity index (χ1) is 12.2. The summed E-state index contributed by atoms with van der Waals surface area (Å²) in [5, 5.41) is 2.95. The molecule has 25 heavy (non-hydrogen) atoms. The van der Waals surface area contributed by atoms with E-state index in [4.69, 9.17) is 14.2 Å². The monoisotopic (exact) mass is 341 g/mol. The van der Waals surface area contributed by atoms with Crippen molar-refractivity contribution in [1.29, 1.82) is 0 Å². The topological polar surface area (TPSA) is 56.8 Å². The van der Waals surface area contributed by atoms with E-state index in [1.807, 2.05) is 30.3 Å².